The van der Waals surface area contributed by atoms with E-state index in [0.29, 0.717) is 6.04 Å². The summed E-state index contributed by atoms with van der Waals surface area (Å²) in [4.78, 5) is 0. The van der Waals surface area contributed by atoms with Crippen molar-refractivity contribution in [3.63, 3.8) is 0 Å². The molecule has 0 heterocycles. The quantitative estimate of drug-likeness (QED) is 0.741. The van der Waals surface area contributed by atoms with Gasteiger partial charge in [-0.3, -0.25) is 0 Å². The van der Waals surface area contributed by atoms with E-state index in [1.807, 2.05) is 0 Å². The van der Waals surface area contributed by atoms with Crippen molar-refractivity contribution < 1.29 is 0 Å². The molecule has 106 valence electrons. The van der Waals surface area contributed by atoms with Crippen LogP contribution in [0.1, 0.15) is 62.6 Å². The molecular formula is C17H26BrN. The molecule has 0 amide bonds. The lowest BCUT2D eigenvalue weighted by molar-refractivity contribution is 0.394. The molecule has 1 aliphatic rings. The first-order chi connectivity index (χ1) is 9.20. The van der Waals surface area contributed by atoms with Crippen molar-refractivity contribution in [2.75, 3.05) is 6.54 Å². The summed E-state index contributed by atoms with van der Waals surface area (Å²) in [6, 6.07) is 7.21. The van der Waals surface area contributed by atoms with Crippen LogP contribution >= 0.6 is 15.9 Å². The smallest absolute Gasteiger partial charge is 0.0325 e. The fourth-order valence-electron chi connectivity index (χ4n) is 3.20. The van der Waals surface area contributed by atoms with Crippen LogP contribution in [0.2, 0.25) is 0 Å². The summed E-state index contributed by atoms with van der Waals surface area (Å²) < 4.78 is 1.20. The maximum Gasteiger partial charge on any atom is 0.0325 e. The molecule has 1 atom stereocenters. The van der Waals surface area contributed by atoms with E-state index in [9.17, 15) is 0 Å². The van der Waals surface area contributed by atoms with Gasteiger partial charge in [0.15, 0.2) is 0 Å². The van der Waals surface area contributed by atoms with Crippen molar-refractivity contribution in [1.29, 1.82) is 0 Å². The molecule has 0 saturated heterocycles. The Balaban J connectivity index is 2.12. The zero-order valence-electron chi connectivity index (χ0n) is 12.2. The first-order valence-corrected chi connectivity index (χ1v) is 8.49. The van der Waals surface area contributed by atoms with E-state index >= 15 is 0 Å². The molecule has 0 spiro atoms. The summed E-state index contributed by atoms with van der Waals surface area (Å²) >= 11 is 3.62. The number of halogens is 1. The Hall–Kier alpha value is -0.340. The van der Waals surface area contributed by atoms with Crippen LogP contribution in [0.25, 0.3) is 0 Å². The molecule has 0 radical (unpaired) electrons. The van der Waals surface area contributed by atoms with Gasteiger partial charge in [-0.15, -0.1) is 0 Å². The lowest BCUT2D eigenvalue weighted by Gasteiger charge is -2.24. The van der Waals surface area contributed by atoms with E-state index in [1.165, 1.54) is 54.1 Å². The number of nitrogens with one attached hydrogen (secondary N) is 1. The molecule has 1 unspecified atom stereocenters. The van der Waals surface area contributed by atoms with Crippen LogP contribution in [0, 0.1) is 12.8 Å². The lowest BCUT2D eigenvalue weighted by Crippen LogP contribution is -2.24. The Bertz CT molecular complexity index is 396. The van der Waals surface area contributed by atoms with Crippen molar-refractivity contribution in [3.05, 3.63) is 33.8 Å². The average molecular weight is 324 g/mol. The van der Waals surface area contributed by atoms with Gasteiger partial charge in [0.05, 0.1) is 0 Å². The molecule has 1 nitrogen and oxygen atoms in total. The number of hydrogen-bond donors (Lipinski definition) is 1. The molecule has 1 saturated carbocycles. The monoisotopic (exact) mass is 323 g/mol. The minimum atomic E-state index is 0.528. The average Bonchev–Trinajstić information content (AvgIpc) is 2.90. The number of hydrogen-bond acceptors (Lipinski definition) is 1. The van der Waals surface area contributed by atoms with Gasteiger partial charge in [-0.05, 0) is 55.5 Å². The standard InChI is InChI=1S/C17H26BrN/c1-3-10-19-17(11-14-6-4-5-7-14)16-12-15(18)9-8-13(16)2/h8-9,12,14,17,19H,3-7,10-11H2,1-2H3. The largest absolute Gasteiger partial charge is 0.310 e. The van der Waals surface area contributed by atoms with Crippen LogP contribution in [0.5, 0.6) is 0 Å². The maximum atomic E-state index is 3.76. The van der Waals surface area contributed by atoms with Crippen molar-refractivity contribution >= 4 is 15.9 Å². The maximum absolute atomic E-state index is 3.76. The first-order valence-electron chi connectivity index (χ1n) is 7.70. The topological polar surface area (TPSA) is 12.0 Å². The van der Waals surface area contributed by atoms with Gasteiger partial charge < -0.3 is 5.32 Å². The fraction of sp³-hybridized carbons (Fsp3) is 0.647. The van der Waals surface area contributed by atoms with Gasteiger partial charge in [0.1, 0.15) is 0 Å². The van der Waals surface area contributed by atoms with E-state index in [2.05, 4.69) is 53.3 Å². The van der Waals surface area contributed by atoms with Gasteiger partial charge in [0.2, 0.25) is 0 Å². The molecule has 2 heteroatoms. The van der Waals surface area contributed by atoms with Gasteiger partial charge in [0, 0.05) is 10.5 Å². The van der Waals surface area contributed by atoms with Gasteiger partial charge in [0.25, 0.3) is 0 Å². The fourth-order valence-corrected chi connectivity index (χ4v) is 3.58. The van der Waals surface area contributed by atoms with Crippen LogP contribution in [0.4, 0.5) is 0 Å². The van der Waals surface area contributed by atoms with Crippen LogP contribution in [0.3, 0.4) is 0 Å². The highest BCUT2D eigenvalue weighted by Gasteiger charge is 2.22. The summed E-state index contributed by atoms with van der Waals surface area (Å²) in [5.74, 6) is 0.924. The lowest BCUT2D eigenvalue weighted by atomic mass is 9.91. The highest BCUT2D eigenvalue weighted by molar-refractivity contribution is 9.10. The van der Waals surface area contributed by atoms with Crippen molar-refractivity contribution in [1.82, 2.24) is 5.32 Å². The van der Waals surface area contributed by atoms with Crippen molar-refractivity contribution in [2.24, 2.45) is 5.92 Å². The number of benzene rings is 1. The van der Waals surface area contributed by atoms with Gasteiger partial charge in [-0.1, -0.05) is 54.6 Å². The van der Waals surface area contributed by atoms with Crippen molar-refractivity contribution in [2.45, 2.75) is 58.4 Å². The molecular weight excluding hydrogens is 298 g/mol. The zero-order valence-corrected chi connectivity index (χ0v) is 13.8. The second kappa shape index (κ2) is 7.44. The molecule has 1 aromatic carbocycles. The number of aryl methyl sites for hydroxylation is 1. The summed E-state index contributed by atoms with van der Waals surface area (Å²) in [7, 11) is 0. The van der Waals surface area contributed by atoms with Gasteiger partial charge in [-0.2, -0.15) is 0 Å². The highest BCUT2D eigenvalue weighted by atomic mass is 79.9. The third-order valence-corrected chi connectivity index (χ3v) is 4.79. The normalized spacial score (nSPS) is 17.8. The predicted octanol–water partition coefficient (Wildman–Crippen LogP) is 5.38. The van der Waals surface area contributed by atoms with E-state index in [4.69, 9.17) is 0 Å². The summed E-state index contributed by atoms with van der Waals surface area (Å²) in [6.07, 6.45) is 8.23. The minimum Gasteiger partial charge on any atom is -0.310 e. The predicted molar refractivity (Wildman–Crippen MR) is 86.5 cm³/mol. The van der Waals surface area contributed by atoms with Crippen LogP contribution in [0.15, 0.2) is 22.7 Å². The second-order valence-corrected chi connectivity index (χ2v) is 6.81. The third kappa shape index (κ3) is 4.32. The van der Waals surface area contributed by atoms with Crippen molar-refractivity contribution in [3.8, 4) is 0 Å². The molecule has 1 N–H and O–H groups in total. The van der Waals surface area contributed by atoms with Gasteiger partial charge in [-0.25, -0.2) is 0 Å². The van der Waals surface area contributed by atoms with Gasteiger partial charge >= 0.3 is 0 Å². The Morgan fingerprint density at radius 3 is 2.74 bits per heavy atom. The number of rotatable bonds is 6. The van der Waals surface area contributed by atoms with E-state index < -0.39 is 0 Å². The molecule has 1 aliphatic carbocycles. The molecule has 0 aliphatic heterocycles. The molecule has 19 heavy (non-hydrogen) atoms. The van der Waals surface area contributed by atoms with Crippen LogP contribution in [-0.2, 0) is 0 Å². The molecule has 2 rings (SSSR count). The zero-order chi connectivity index (χ0) is 13.7. The summed E-state index contributed by atoms with van der Waals surface area (Å²) in [5.41, 5.74) is 2.89. The van der Waals surface area contributed by atoms with Crippen LogP contribution < -0.4 is 5.32 Å². The molecule has 0 aromatic heterocycles. The Labute approximate surface area is 126 Å². The Morgan fingerprint density at radius 1 is 1.32 bits per heavy atom. The Kier molecular flexibility index (Phi) is 5.90. The molecule has 0 bridgehead atoms. The van der Waals surface area contributed by atoms with E-state index in [1.54, 1.807) is 0 Å². The van der Waals surface area contributed by atoms with Crippen LogP contribution in [-0.4, -0.2) is 6.54 Å². The minimum absolute atomic E-state index is 0.528. The first kappa shape index (κ1) is 15.1. The highest BCUT2D eigenvalue weighted by Crippen LogP contribution is 2.34. The molecule has 1 fully saturated rings. The Morgan fingerprint density at radius 2 is 2.05 bits per heavy atom. The second-order valence-electron chi connectivity index (χ2n) is 5.89. The molecule has 1 aromatic rings. The summed E-state index contributed by atoms with van der Waals surface area (Å²) in [5, 5.41) is 3.76. The SMILES string of the molecule is CCCNC(CC1CCCC1)c1cc(Br)ccc1C. The summed E-state index contributed by atoms with van der Waals surface area (Å²) in [6.45, 7) is 5.59. The van der Waals surface area contributed by atoms with E-state index in [0.717, 1.165) is 12.5 Å². The van der Waals surface area contributed by atoms with E-state index in [-0.39, 0.29) is 0 Å². The third-order valence-electron chi connectivity index (χ3n) is 4.30.